The SMILES string of the molecule is CCOC(=O)c1ccccc1NC(=O)c1ccc(S(=O)(=O)[C@H]2CCS(=O)(=O)C2)cc1. The van der Waals surface area contributed by atoms with Crippen LogP contribution in [-0.2, 0) is 24.4 Å². The summed E-state index contributed by atoms with van der Waals surface area (Å²) in [7, 11) is -7.15. The summed E-state index contributed by atoms with van der Waals surface area (Å²) < 4.78 is 53.5. The summed E-state index contributed by atoms with van der Waals surface area (Å²) >= 11 is 0. The first kappa shape index (κ1) is 22.0. The van der Waals surface area contributed by atoms with Crippen LogP contribution in [0, 0.1) is 0 Å². The number of esters is 1. The number of carbonyl (C=O) groups is 2. The molecule has 1 aliphatic rings. The Morgan fingerprint density at radius 1 is 1.10 bits per heavy atom. The monoisotopic (exact) mass is 451 g/mol. The number of hydrogen-bond donors (Lipinski definition) is 1. The fraction of sp³-hybridized carbons (Fsp3) is 0.300. The number of nitrogens with one attached hydrogen (secondary N) is 1. The molecular formula is C20H21NO7S2. The van der Waals surface area contributed by atoms with Gasteiger partial charge in [-0.2, -0.15) is 0 Å². The zero-order valence-corrected chi connectivity index (χ0v) is 17.8. The molecule has 0 saturated carbocycles. The Morgan fingerprint density at radius 2 is 1.77 bits per heavy atom. The lowest BCUT2D eigenvalue weighted by molar-refractivity contribution is 0.0527. The summed E-state index contributed by atoms with van der Waals surface area (Å²) in [6.07, 6.45) is 0.0670. The largest absolute Gasteiger partial charge is 0.462 e. The number of anilines is 1. The van der Waals surface area contributed by atoms with Crippen molar-refractivity contribution in [3.63, 3.8) is 0 Å². The maximum absolute atomic E-state index is 12.7. The minimum Gasteiger partial charge on any atom is -0.462 e. The Kier molecular flexibility index (Phi) is 6.27. The van der Waals surface area contributed by atoms with Crippen molar-refractivity contribution < 1.29 is 31.2 Å². The predicted octanol–water partition coefficient (Wildman–Crippen LogP) is 2.08. The summed E-state index contributed by atoms with van der Waals surface area (Å²) in [5.41, 5.74) is 0.662. The fourth-order valence-corrected chi connectivity index (χ4v) is 7.53. The van der Waals surface area contributed by atoms with Gasteiger partial charge in [0, 0.05) is 5.56 Å². The number of para-hydroxylation sites is 1. The van der Waals surface area contributed by atoms with Crippen LogP contribution in [0.4, 0.5) is 5.69 Å². The topological polar surface area (TPSA) is 124 Å². The molecule has 0 spiro atoms. The van der Waals surface area contributed by atoms with Crippen molar-refractivity contribution in [2.24, 2.45) is 0 Å². The molecule has 0 aromatic heterocycles. The molecule has 1 fully saturated rings. The third-order valence-corrected chi connectivity index (χ3v) is 8.93. The Bertz CT molecular complexity index is 1170. The highest BCUT2D eigenvalue weighted by Gasteiger charge is 2.38. The van der Waals surface area contributed by atoms with Crippen molar-refractivity contribution in [2.45, 2.75) is 23.5 Å². The maximum Gasteiger partial charge on any atom is 0.340 e. The highest BCUT2D eigenvalue weighted by Crippen LogP contribution is 2.26. The van der Waals surface area contributed by atoms with Gasteiger partial charge >= 0.3 is 5.97 Å². The molecule has 0 radical (unpaired) electrons. The molecule has 1 N–H and O–H groups in total. The lowest BCUT2D eigenvalue weighted by Gasteiger charge is -2.12. The van der Waals surface area contributed by atoms with E-state index in [2.05, 4.69) is 5.32 Å². The molecule has 1 saturated heterocycles. The van der Waals surface area contributed by atoms with Crippen molar-refractivity contribution in [3.05, 3.63) is 59.7 Å². The summed E-state index contributed by atoms with van der Waals surface area (Å²) in [5.74, 6) is -1.63. The van der Waals surface area contributed by atoms with E-state index in [-0.39, 0.29) is 46.2 Å². The van der Waals surface area contributed by atoms with E-state index in [1.807, 2.05) is 0 Å². The van der Waals surface area contributed by atoms with E-state index < -0.39 is 36.8 Å². The van der Waals surface area contributed by atoms with Gasteiger partial charge in [0.05, 0.1) is 39.5 Å². The Hall–Kier alpha value is -2.72. The smallest absolute Gasteiger partial charge is 0.340 e. The third kappa shape index (κ3) is 4.71. The molecule has 30 heavy (non-hydrogen) atoms. The maximum atomic E-state index is 12.7. The van der Waals surface area contributed by atoms with Gasteiger partial charge < -0.3 is 10.1 Å². The minimum atomic E-state index is -3.81. The summed E-state index contributed by atoms with van der Waals surface area (Å²) in [5, 5.41) is 1.65. The van der Waals surface area contributed by atoms with Gasteiger partial charge in [-0.15, -0.1) is 0 Å². The molecule has 160 valence electrons. The van der Waals surface area contributed by atoms with Gasteiger partial charge in [-0.05, 0) is 49.7 Å². The standard InChI is InChI=1S/C20H21NO7S2/c1-2-28-20(23)17-5-3-4-6-18(17)21-19(22)14-7-9-15(10-8-14)30(26,27)16-11-12-29(24,25)13-16/h3-10,16H,2,11-13H2,1H3,(H,21,22)/t16-/m0/s1. The van der Waals surface area contributed by atoms with Gasteiger partial charge in [0.1, 0.15) is 0 Å². The first-order chi connectivity index (χ1) is 14.1. The van der Waals surface area contributed by atoms with Crippen molar-refractivity contribution in [3.8, 4) is 0 Å². The van der Waals surface area contributed by atoms with E-state index in [1.165, 1.54) is 30.3 Å². The number of benzene rings is 2. The first-order valence-electron chi connectivity index (χ1n) is 9.26. The lowest BCUT2D eigenvalue weighted by atomic mass is 10.1. The molecule has 2 aromatic carbocycles. The number of sulfone groups is 2. The third-order valence-electron chi connectivity index (χ3n) is 4.75. The molecule has 1 amide bonds. The number of ether oxygens (including phenoxy) is 1. The van der Waals surface area contributed by atoms with Gasteiger partial charge in [-0.1, -0.05) is 12.1 Å². The van der Waals surface area contributed by atoms with Crippen LogP contribution < -0.4 is 5.32 Å². The zero-order chi connectivity index (χ0) is 21.9. The second kappa shape index (κ2) is 8.57. The highest BCUT2D eigenvalue weighted by molar-refractivity contribution is 7.96. The molecular weight excluding hydrogens is 430 g/mol. The number of rotatable bonds is 6. The van der Waals surface area contributed by atoms with E-state index in [0.717, 1.165) is 0 Å². The van der Waals surface area contributed by atoms with E-state index in [9.17, 15) is 26.4 Å². The van der Waals surface area contributed by atoms with E-state index >= 15 is 0 Å². The van der Waals surface area contributed by atoms with Crippen molar-refractivity contribution in [2.75, 3.05) is 23.4 Å². The molecule has 10 heteroatoms. The molecule has 8 nitrogen and oxygen atoms in total. The second-order valence-corrected chi connectivity index (χ2v) is 11.3. The van der Waals surface area contributed by atoms with E-state index in [1.54, 1.807) is 25.1 Å². The van der Waals surface area contributed by atoms with Crippen LogP contribution in [0.3, 0.4) is 0 Å². The second-order valence-electron chi connectivity index (χ2n) is 6.81. The zero-order valence-electron chi connectivity index (χ0n) is 16.2. The number of hydrogen-bond acceptors (Lipinski definition) is 7. The normalized spacial score (nSPS) is 18.0. The van der Waals surface area contributed by atoms with Crippen LogP contribution in [0.1, 0.15) is 34.1 Å². The Balaban J connectivity index is 1.78. The van der Waals surface area contributed by atoms with Gasteiger partial charge in [-0.3, -0.25) is 4.79 Å². The van der Waals surface area contributed by atoms with E-state index in [4.69, 9.17) is 4.74 Å². The highest BCUT2D eigenvalue weighted by atomic mass is 32.2. The number of amides is 1. The van der Waals surface area contributed by atoms with Gasteiger partial charge in [0.25, 0.3) is 5.91 Å². The van der Waals surface area contributed by atoms with Crippen molar-refractivity contribution in [1.82, 2.24) is 0 Å². The van der Waals surface area contributed by atoms with Gasteiger partial charge in [0.15, 0.2) is 19.7 Å². The molecule has 2 aromatic rings. The molecule has 0 unspecified atom stereocenters. The van der Waals surface area contributed by atoms with E-state index in [0.29, 0.717) is 0 Å². The van der Waals surface area contributed by atoms with Crippen LogP contribution in [0.25, 0.3) is 0 Å². The molecule has 0 bridgehead atoms. The van der Waals surface area contributed by atoms with Crippen LogP contribution in [-0.4, -0.2) is 52.1 Å². The van der Waals surface area contributed by atoms with Gasteiger partial charge in [0.2, 0.25) is 0 Å². The molecule has 3 rings (SSSR count). The first-order valence-corrected chi connectivity index (χ1v) is 12.6. The summed E-state index contributed by atoms with van der Waals surface area (Å²) in [4.78, 5) is 24.6. The molecule has 1 atom stereocenters. The fourth-order valence-electron chi connectivity index (χ4n) is 3.17. The average Bonchev–Trinajstić information content (AvgIpc) is 3.09. The Labute approximate surface area is 175 Å². The lowest BCUT2D eigenvalue weighted by Crippen LogP contribution is -2.23. The Morgan fingerprint density at radius 3 is 2.37 bits per heavy atom. The van der Waals surface area contributed by atoms with Crippen LogP contribution in [0.15, 0.2) is 53.4 Å². The molecule has 0 aliphatic carbocycles. The van der Waals surface area contributed by atoms with Crippen molar-refractivity contribution in [1.29, 1.82) is 0 Å². The quantitative estimate of drug-likeness (QED) is 0.667. The van der Waals surface area contributed by atoms with Gasteiger partial charge in [-0.25, -0.2) is 21.6 Å². The van der Waals surface area contributed by atoms with Crippen LogP contribution >= 0.6 is 0 Å². The van der Waals surface area contributed by atoms with Crippen LogP contribution in [0.2, 0.25) is 0 Å². The summed E-state index contributed by atoms with van der Waals surface area (Å²) in [6.45, 7) is 1.87. The molecule has 1 aliphatic heterocycles. The van der Waals surface area contributed by atoms with Crippen molar-refractivity contribution >= 4 is 37.2 Å². The average molecular weight is 452 g/mol. The molecule has 1 heterocycles. The minimum absolute atomic E-state index is 0.0342. The number of carbonyl (C=O) groups excluding carboxylic acids is 2. The summed E-state index contributed by atoms with van der Waals surface area (Å²) in [6, 6.07) is 11.6. The van der Waals surface area contributed by atoms with Crippen LogP contribution in [0.5, 0.6) is 0 Å². The predicted molar refractivity (Wildman–Crippen MR) is 111 cm³/mol.